The van der Waals surface area contributed by atoms with Crippen LogP contribution in [0.15, 0.2) is 53.7 Å². The molecule has 27 heavy (non-hydrogen) atoms. The molecule has 6 nitrogen and oxygen atoms in total. The van der Waals surface area contributed by atoms with Gasteiger partial charge in [0.2, 0.25) is 11.1 Å². The van der Waals surface area contributed by atoms with Crippen LogP contribution >= 0.6 is 11.8 Å². The Morgan fingerprint density at radius 1 is 1.19 bits per heavy atom. The Labute approximate surface area is 163 Å². The summed E-state index contributed by atoms with van der Waals surface area (Å²) in [6, 6.07) is 15.6. The predicted octanol–water partition coefficient (Wildman–Crippen LogP) is 3.54. The number of nitrogens with zero attached hydrogens (tertiary/aromatic N) is 3. The Balaban J connectivity index is 1.56. The molecule has 3 rings (SSSR count). The maximum atomic E-state index is 12.4. The highest BCUT2D eigenvalue weighted by atomic mass is 32.2. The van der Waals surface area contributed by atoms with Crippen LogP contribution in [0, 0.1) is 6.92 Å². The molecule has 0 aliphatic heterocycles. The SMILES string of the molecule is COc1ccc(-c2nc(SCC(=O)N(C)Cc3ccccc3C)n[nH]2)cc1. The first-order valence-corrected chi connectivity index (χ1v) is 9.53. The number of carbonyl (C=O) groups is 1. The van der Waals surface area contributed by atoms with Gasteiger partial charge in [-0.3, -0.25) is 9.89 Å². The molecule has 1 N–H and O–H groups in total. The van der Waals surface area contributed by atoms with E-state index in [0.29, 0.717) is 23.3 Å². The minimum Gasteiger partial charge on any atom is -0.497 e. The van der Waals surface area contributed by atoms with Gasteiger partial charge >= 0.3 is 0 Å². The second-order valence-electron chi connectivity index (χ2n) is 6.16. The summed E-state index contributed by atoms with van der Waals surface area (Å²) in [6.07, 6.45) is 0. The Hall–Kier alpha value is -2.80. The summed E-state index contributed by atoms with van der Waals surface area (Å²) in [7, 11) is 3.45. The van der Waals surface area contributed by atoms with E-state index in [1.807, 2.05) is 49.5 Å². The molecule has 0 spiro atoms. The number of hydrogen-bond acceptors (Lipinski definition) is 5. The maximum Gasteiger partial charge on any atom is 0.233 e. The molecule has 0 aliphatic rings. The zero-order chi connectivity index (χ0) is 19.2. The van der Waals surface area contributed by atoms with Crippen LogP contribution < -0.4 is 4.74 Å². The van der Waals surface area contributed by atoms with Crippen molar-refractivity contribution in [3.63, 3.8) is 0 Å². The maximum absolute atomic E-state index is 12.4. The molecule has 0 fully saturated rings. The second-order valence-corrected chi connectivity index (χ2v) is 7.10. The third-order valence-corrected chi connectivity index (χ3v) is 5.08. The van der Waals surface area contributed by atoms with Crippen LogP contribution in [-0.4, -0.2) is 45.9 Å². The van der Waals surface area contributed by atoms with Gasteiger partial charge in [-0.2, -0.15) is 0 Å². The number of nitrogens with one attached hydrogen (secondary N) is 1. The molecular formula is C20H22N4O2S. The molecule has 0 bridgehead atoms. The molecule has 0 atom stereocenters. The van der Waals surface area contributed by atoms with E-state index < -0.39 is 0 Å². The Morgan fingerprint density at radius 3 is 2.63 bits per heavy atom. The van der Waals surface area contributed by atoms with Gasteiger partial charge in [-0.05, 0) is 42.3 Å². The van der Waals surface area contributed by atoms with E-state index in [4.69, 9.17) is 4.74 Å². The number of aryl methyl sites for hydroxylation is 1. The van der Waals surface area contributed by atoms with Crippen molar-refractivity contribution in [1.29, 1.82) is 0 Å². The minimum absolute atomic E-state index is 0.0408. The first-order chi connectivity index (χ1) is 13.1. The topological polar surface area (TPSA) is 71.1 Å². The minimum atomic E-state index is 0.0408. The monoisotopic (exact) mass is 382 g/mol. The van der Waals surface area contributed by atoms with Crippen LogP contribution in [0.3, 0.4) is 0 Å². The van der Waals surface area contributed by atoms with Crippen molar-refractivity contribution in [2.45, 2.75) is 18.6 Å². The largest absolute Gasteiger partial charge is 0.497 e. The zero-order valence-corrected chi connectivity index (χ0v) is 16.4. The second kappa shape index (κ2) is 8.73. The fourth-order valence-electron chi connectivity index (χ4n) is 2.56. The van der Waals surface area contributed by atoms with Crippen LogP contribution in [0.1, 0.15) is 11.1 Å². The lowest BCUT2D eigenvalue weighted by molar-refractivity contribution is -0.127. The molecule has 0 radical (unpaired) electrons. The quantitative estimate of drug-likeness (QED) is 0.633. The summed E-state index contributed by atoms with van der Waals surface area (Å²) in [4.78, 5) is 18.6. The average Bonchev–Trinajstić information content (AvgIpc) is 3.17. The summed E-state index contributed by atoms with van der Waals surface area (Å²) in [6.45, 7) is 2.65. The molecule has 7 heteroatoms. The molecule has 2 aromatic carbocycles. The number of carbonyl (C=O) groups excluding carboxylic acids is 1. The first kappa shape index (κ1) is 19.0. The molecule has 0 aliphatic carbocycles. The van der Waals surface area contributed by atoms with Crippen molar-refractivity contribution >= 4 is 17.7 Å². The van der Waals surface area contributed by atoms with E-state index in [9.17, 15) is 4.79 Å². The summed E-state index contributed by atoms with van der Waals surface area (Å²) >= 11 is 1.33. The molecule has 0 unspecified atom stereocenters. The van der Waals surface area contributed by atoms with Crippen molar-refractivity contribution in [3.8, 4) is 17.1 Å². The van der Waals surface area contributed by atoms with Gasteiger partial charge in [-0.15, -0.1) is 5.10 Å². The van der Waals surface area contributed by atoms with E-state index in [2.05, 4.69) is 28.2 Å². The van der Waals surface area contributed by atoms with Gasteiger partial charge in [0.05, 0.1) is 12.9 Å². The number of methoxy groups -OCH3 is 1. The van der Waals surface area contributed by atoms with Crippen molar-refractivity contribution in [2.75, 3.05) is 19.9 Å². The number of aromatic nitrogens is 3. The number of aromatic amines is 1. The Kier molecular flexibility index (Phi) is 6.13. The zero-order valence-electron chi connectivity index (χ0n) is 15.6. The molecule has 1 amide bonds. The summed E-state index contributed by atoms with van der Waals surface area (Å²) in [5, 5.41) is 7.66. The lowest BCUT2D eigenvalue weighted by Crippen LogP contribution is -2.28. The number of hydrogen-bond donors (Lipinski definition) is 1. The Morgan fingerprint density at radius 2 is 1.93 bits per heavy atom. The fourth-order valence-corrected chi connectivity index (χ4v) is 3.30. The number of benzene rings is 2. The molecule has 3 aromatic rings. The van der Waals surface area contributed by atoms with Gasteiger partial charge in [0, 0.05) is 19.2 Å². The molecule has 1 aromatic heterocycles. The molecule has 1 heterocycles. The van der Waals surface area contributed by atoms with Crippen LogP contribution in [0.25, 0.3) is 11.4 Å². The highest BCUT2D eigenvalue weighted by molar-refractivity contribution is 7.99. The van der Waals surface area contributed by atoms with Gasteiger partial charge in [-0.1, -0.05) is 36.0 Å². The highest BCUT2D eigenvalue weighted by Gasteiger charge is 2.13. The average molecular weight is 382 g/mol. The normalized spacial score (nSPS) is 10.6. The van der Waals surface area contributed by atoms with Gasteiger partial charge < -0.3 is 9.64 Å². The van der Waals surface area contributed by atoms with Crippen LogP contribution in [0.5, 0.6) is 5.75 Å². The Bertz CT molecular complexity index is 908. The van der Waals surface area contributed by atoms with Crippen molar-refractivity contribution in [3.05, 3.63) is 59.7 Å². The highest BCUT2D eigenvalue weighted by Crippen LogP contribution is 2.22. The van der Waals surface area contributed by atoms with E-state index in [-0.39, 0.29) is 5.91 Å². The third-order valence-electron chi connectivity index (χ3n) is 4.25. The number of H-pyrrole nitrogens is 1. The number of thioether (sulfide) groups is 1. The lowest BCUT2D eigenvalue weighted by atomic mass is 10.1. The van der Waals surface area contributed by atoms with Gasteiger partial charge in [0.15, 0.2) is 5.82 Å². The van der Waals surface area contributed by atoms with Crippen molar-refractivity contribution in [1.82, 2.24) is 20.1 Å². The molecular weight excluding hydrogens is 360 g/mol. The van der Waals surface area contributed by atoms with Gasteiger partial charge in [0.25, 0.3) is 0 Å². The molecule has 140 valence electrons. The molecule has 0 saturated carbocycles. The van der Waals surface area contributed by atoms with Crippen molar-refractivity contribution in [2.24, 2.45) is 0 Å². The van der Waals surface area contributed by atoms with E-state index in [0.717, 1.165) is 16.9 Å². The summed E-state index contributed by atoms with van der Waals surface area (Å²) in [5.41, 5.74) is 3.25. The lowest BCUT2D eigenvalue weighted by Gasteiger charge is -2.18. The van der Waals surface area contributed by atoms with E-state index >= 15 is 0 Å². The smallest absolute Gasteiger partial charge is 0.233 e. The van der Waals surface area contributed by atoms with Crippen LogP contribution in [0.2, 0.25) is 0 Å². The van der Waals surface area contributed by atoms with E-state index in [1.165, 1.54) is 17.3 Å². The first-order valence-electron chi connectivity index (χ1n) is 8.55. The van der Waals surface area contributed by atoms with Gasteiger partial charge in [0.1, 0.15) is 5.75 Å². The van der Waals surface area contributed by atoms with Crippen molar-refractivity contribution < 1.29 is 9.53 Å². The van der Waals surface area contributed by atoms with Crippen LogP contribution in [-0.2, 0) is 11.3 Å². The predicted molar refractivity (Wildman–Crippen MR) is 107 cm³/mol. The summed E-state index contributed by atoms with van der Waals surface area (Å²) in [5.74, 6) is 1.79. The summed E-state index contributed by atoms with van der Waals surface area (Å²) < 4.78 is 5.15. The number of ether oxygens (including phenoxy) is 1. The van der Waals surface area contributed by atoms with E-state index in [1.54, 1.807) is 12.0 Å². The molecule has 0 saturated heterocycles. The number of rotatable bonds is 7. The fraction of sp³-hybridized carbons (Fsp3) is 0.250. The van der Waals surface area contributed by atoms with Gasteiger partial charge in [-0.25, -0.2) is 4.98 Å². The third kappa shape index (κ3) is 4.89. The van der Waals surface area contributed by atoms with Crippen LogP contribution in [0.4, 0.5) is 0 Å². The standard InChI is InChI=1S/C20H22N4O2S/c1-14-6-4-5-7-16(14)12-24(2)18(25)13-27-20-21-19(22-23-20)15-8-10-17(26-3)11-9-15/h4-11H,12-13H2,1-3H3,(H,21,22,23). The number of amides is 1.